The predicted octanol–water partition coefficient (Wildman–Crippen LogP) is 2.31. The van der Waals surface area contributed by atoms with Crippen LogP contribution in [0, 0.1) is 11.3 Å². The Morgan fingerprint density at radius 3 is 2.63 bits per heavy atom. The Bertz CT molecular complexity index is 601. The van der Waals surface area contributed by atoms with Crippen molar-refractivity contribution in [2.45, 2.75) is 23.8 Å². The number of ether oxygens (including phenoxy) is 1. The summed E-state index contributed by atoms with van der Waals surface area (Å²) in [5, 5.41) is 8.72. The van der Waals surface area contributed by atoms with Gasteiger partial charge < -0.3 is 4.74 Å². The predicted molar refractivity (Wildman–Crippen MR) is 72.6 cm³/mol. The van der Waals surface area contributed by atoms with Crippen molar-refractivity contribution in [3.63, 3.8) is 0 Å². The standard InChI is InChI=1S/C13H14ClNO3S/c14-13-7-10(8-15)1-2-11(13)9-19(16,17)12-3-5-18-6-4-12/h1-2,7,12H,3-6,9H2. The van der Waals surface area contributed by atoms with Crippen LogP contribution in [0.25, 0.3) is 0 Å². The summed E-state index contributed by atoms with van der Waals surface area (Å²) < 4.78 is 29.7. The van der Waals surface area contributed by atoms with Gasteiger partial charge in [0.1, 0.15) is 0 Å². The quantitative estimate of drug-likeness (QED) is 0.859. The molecular weight excluding hydrogens is 286 g/mol. The van der Waals surface area contributed by atoms with Crippen molar-refractivity contribution < 1.29 is 13.2 Å². The molecule has 0 amide bonds. The molecule has 0 spiro atoms. The fourth-order valence-electron chi connectivity index (χ4n) is 2.10. The van der Waals surface area contributed by atoms with Gasteiger partial charge in [0.15, 0.2) is 9.84 Å². The Morgan fingerprint density at radius 2 is 2.05 bits per heavy atom. The van der Waals surface area contributed by atoms with E-state index in [9.17, 15) is 8.42 Å². The molecular formula is C13H14ClNO3S. The minimum Gasteiger partial charge on any atom is -0.381 e. The summed E-state index contributed by atoms with van der Waals surface area (Å²) in [5.74, 6) is -0.0811. The van der Waals surface area contributed by atoms with Crippen LogP contribution in [0.4, 0.5) is 0 Å². The molecule has 6 heteroatoms. The van der Waals surface area contributed by atoms with Crippen molar-refractivity contribution in [3.8, 4) is 6.07 Å². The fraction of sp³-hybridized carbons (Fsp3) is 0.462. The molecule has 1 aromatic carbocycles. The van der Waals surface area contributed by atoms with Crippen molar-refractivity contribution in [2.75, 3.05) is 13.2 Å². The lowest BCUT2D eigenvalue weighted by Crippen LogP contribution is -2.29. The Balaban J connectivity index is 2.18. The average Bonchev–Trinajstić information content (AvgIpc) is 2.42. The zero-order valence-electron chi connectivity index (χ0n) is 10.3. The molecule has 1 aliphatic heterocycles. The number of sulfone groups is 1. The third kappa shape index (κ3) is 3.47. The molecule has 0 aromatic heterocycles. The molecule has 0 atom stereocenters. The maximum Gasteiger partial charge on any atom is 0.157 e. The maximum absolute atomic E-state index is 12.3. The highest BCUT2D eigenvalue weighted by Crippen LogP contribution is 2.24. The van der Waals surface area contributed by atoms with E-state index in [1.807, 2.05) is 6.07 Å². The van der Waals surface area contributed by atoms with Crippen LogP contribution in [-0.4, -0.2) is 26.9 Å². The molecule has 1 heterocycles. The van der Waals surface area contributed by atoms with Crippen molar-refractivity contribution >= 4 is 21.4 Å². The fourth-order valence-corrected chi connectivity index (χ4v) is 4.26. The SMILES string of the molecule is N#Cc1ccc(CS(=O)(=O)C2CCOCC2)c(Cl)c1. The third-order valence-corrected chi connectivity index (χ3v) is 5.77. The number of hydrogen-bond donors (Lipinski definition) is 0. The van der Waals surface area contributed by atoms with E-state index in [1.165, 1.54) is 6.07 Å². The Morgan fingerprint density at radius 1 is 1.37 bits per heavy atom. The first-order chi connectivity index (χ1) is 9.03. The van der Waals surface area contributed by atoms with Gasteiger partial charge >= 0.3 is 0 Å². The van der Waals surface area contributed by atoms with Crippen molar-refractivity contribution in [3.05, 3.63) is 34.3 Å². The molecule has 0 bridgehead atoms. The molecule has 1 fully saturated rings. The molecule has 0 aliphatic carbocycles. The summed E-state index contributed by atoms with van der Waals surface area (Å²) in [4.78, 5) is 0. The largest absolute Gasteiger partial charge is 0.381 e. The highest BCUT2D eigenvalue weighted by atomic mass is 35.5. The number of benzene rings is 1. The molecule has 1 saturated heterocycles. The van der Waals surface area contributed by atoms with Crippen molar-refractivity contribution in [1.29, 1.82) is 5.26 Å². The van der Waals surface area contributed by atoms with Crippen molar-refractivity contribution in [2.24, 2.45) is 0 Å². The summed E-state index contributed by atoms with van der Waals surface area (Å²) in [5.41, 5.74) is 0.976. The van der Waals surface area contributed by atoms with Gasteiger partial charge in [0.25, 0.3) is 0 Å². The molecule has 1 aromatic rings. The van der Waals surface area contributed by atoms with E-state index in [4.69, 9.17) is 21.6 Å². The molecule has 2 rings (SSSR count). The number of halogens is 1. The van der Waals surface area contributed by atoms with Crippen LogP contribution < -0.4 is 0 Å². The van der Waals surface area contributed by atoms with E-state index in [-0.39, 0.29) is 11.0 Å². The topological polar surface area (TPSA) is 67.2 Å². The number of nitrogens with zero attached hydrogens (tertiary/aromatic N) is 1. The summed E-state index contributed by atoms with van der Waals surface area (Å²) >= 11 is 6.01. The molecule has 102 valence electrons. The molecule has 4 nitrogen and oxygen atoms in total. The third-order valence-electron chi connectivity index (χ3n) is 3.22. The zero-order valence-corrected chi connectivity index (χ0v) is 11.9. The second-order valence-electron chi connectivity index (χ2n) is 4.54. The van der Waals surface area contributed by atoms with Crippen molar-refractivity contribution in [1.82, 2.24) is 0 Å². The first-order valence-electron chi connectivity index (χ1n) is 6.01. The Labute approximate surface area is 117 Å². The normalized spacial score (nSPS) is 17.1. The zero-order chi connectivity index (χ0) is 13.9. The second kappa shape index (κ2) is 5.91. The summed E-state index contributed by atoms with van der Waals surface area (Å²) in [7, 11) is -3.23. The van der Waals surface area contributed by atoms with Gasteiger partial charge in [-0.1, -0.05) is 17.7 Å². The minimum absolute atomic E-state index is 0.0811. The van der Waals surface area contributed by atoms with Gasteiger partial charge in [0.05, 0.1) is 22.6 Å². The van der Waals surface area contributed by atoms with Gasteiger partial charge in [-0.2, -0.15) is 5.26 Å². The molecule has 0 N–H and O–H groups in total. The van der Waals surface area contributed by atoms with E-state index >= 15 is 0 Å². The van der Waals surface area contributed by atoms with Gasteiger partial charge in [-0.3, -0.25) is 0 Å². The van der Waals surface area contributed by atoms with E-state index in [0.29, 0.717) is 42.2 Å². The van der Waals surface area contributed by atoms with Crippen LogP contribution in [0.5, 0.6) is 0 Å². The van der Waals surface area contributed by atoms with E-state index < -0.39 is 9.84 Å². The Kier molecular flexibility index (Phi) is 4.46. The molecule has 0 saturated carbocycles. The molecule has 0 radical (unpaired) electrons. The summed E-state index contributed by atoms with van der Waals surface area (Å²) in [6, 6.07) is 6.66. The maximum atomic E-state index is 12.3. The molecule has 0 unspecified atom stereocenters. The van der Waals surface area contributed by atoms with Crippen LogP contribution in [0.15, 0.2) is 18.2 Å². The summed E-state index contributed by atoms with van der Waals surface area (Å²) in [6.45, 7) is 0.982. The van der Waals surface area contributed by atoms with Crippen LogP contribution in [-0.2, 0) is 20.3 Å². The minimum atomic E-state index is -3.23. The number of rotatable bonds is 3. The first kappa shape index (κ1) is 14.3. The van der Waals surface area contributed by atoms with Gasteiger partial charge in [0, 0.05) is 18.2 Å². The van der Waals surface area contributed by atoms with Gasteiger partial charge in [-0.25, -0.2) is 8.42 Å². The van der Waals surface area contributed by atoms with E-state index in [2.05, 4.69) is 0 Å². The lowest BCUT2D eigenvalue weighted by molar-refractivity contribution is 0.0983. The van der Waals surface area contributed by atoms with Gasteiger partial charge in [-0.05, 0) is 30.5 Å². The van der Waals surface area contributed by atoms with Gasteiger partial charge in [0.2, 0.25) is 0 Å². The second-order valence-corrected chi connectivity index (χ2v) is 7.23. The van der Waals surface area contributed by atoms with Crippen LogP contribution >= 0.6 is 11.6 Å². The lowest BCUT2D eigenvalue weighted by Gasteiger charge is -2.22. The van der Waals surface area contributed by atoms with Gasteiger partial charge in [-0.15, -0.1) is 0 Å². The number of nitriles is 1. The van der Waals surface area contributed by atoms with Crippen LogP contribution in [0.2, 0.25) is 5.02 Å². The smallest absolute Gasteiger partial charge is 0.157 e. The molecule has 19 heavy (non-hydrogen) atoms. The van der Waals surface area contributed by atoms with E-state index in [1.54, 1.807) is 12.1 Å². The average molecular weight is 300 g/mol. The van der Waals surface area contributed by atoms with E-state index in [0.717, 1.165) is 0 Å². The summed E-state index contributed by atoms with van der Waals surface area (Å²) in [6.07, 6.45) is 1.08. The Hall–Kier alpha value is -1.09. The van der Waals surface area contributed by atoms with Crippen LogP contribution in [0.3, 0.4) is 0 Å². The number of hydrogen-bond acceptors (Lipinski definition) is 4. The highest BCUT2D eigenvalue weighted by molar-refractivity contribution is 7.91. The molecule has 1 aliphatic rings. The van der Waals surface area contributed by atoms with Crippen LogP contribution in [0.1, 0.15) is 24.0 Å². The lowest BCUT2D eigenvalue weighted by atomic mass is 10.2. The highest BCUT2D eigenvalue weighted by Gasteiger charge is 2.28. The monoisotopic (exact) mass is 299 g/mol. The first-order valence-corrected chi connectivity index (χ1v) is 8.10.